The third-order valence-electron chi connectivity index (χ3n) is 2.26. The number of nitrogens with one attached hydrogen (secondary N) is 1. The van der Waals surface area contributed by atoms with Gasteiger partial charge in [0.2, 0.25) is 0 Å². The minimum Gasteiger partial charge on any atom is -0.394 e. The van der Waals surface area contributed by atoms with Crippen LogP contribution in [0.5, 0.6) is 0 Å². The van der Waals surface area contributed by atoms with E-state index in [0.29, 0.717) is 0 Å². The van der Waals surface area contributed by atoms with Crippen molar-refractivity contribution in [1.82, 2.24) is 15.3 Å². The Labute approximate surface area is 94.9 Å². The van der Waals surface area contributed by atoms with Gasteiger partial charge in [0, 0.05) is 12.4 Å². The van der Waals surface area contributed by atoms with Crippen molar-refractivity contribution in [3.05, 3.63) is 24.3 Å². The fourth-order valence-corrected chi connectivity index (χ4v) is 1.34. The van der Waals surface area contributed by atoms with E-state index in [2.05, 4.69) is 22.2 Å². The molecule has 1 amide bonds. The second kappa shape index (κ2) is 6.90. The highest BCUT2D eigenvalue weighted by Gasteiger charge is 2.13. The minimum atomic E-state index is -0.289. The molecule has 5 nitrogen and oxygen atoms in total. The highest BCUT2D eigenvalue weighted by molar-refractivity contribution is 5.92. The van der Waals surface area contributed by atoms with Crippen LogP contribution in [-0.2, 0) is 0 Å². The molecule has 0 aliphatic heterocycles. The van der Waals surface area contributed by atoms with Gasteiger partial charge in [-0.05, 0) is 6.42 Å². The average molecular weight is 223 g/mol. The van der Waals surface area contributed by atoms with Gasteiger partial charge in [0.25, 0.3) is 5.91 Å². The first-order valence-electron chi connectivity index (χ1n) is 5.45. The van der Waals surface area contributed by atoms with Gasteiger partial charge < -0.3 is 10.4 Å². The highest BCUT2D eigenvalue weighted by atomic mass is 16.3. The van der Waals surface area contributed by atoms with Crippen molar-refractivity contribution >= 4 is 5.91 Å². The summed E-state index contributed by atoms with van der Waals surface area (Å²) < 4.78 is 0. The fraction of sp³-hybridized carbons (Fsp3) is 0.545. The summed E-state index contributed by atoms with van der Waals surface area (Å²) in [5, 5.41) is 11.8. The topological polar surface area (TPSA) is 75.1 Å². The molecule has 16 heavy (non-hydrogen) atoms. The molecule has 0 spiro atoms. The molecule has 0 fully saturated rings. The highest BCUT2D eigenvalue weighted by Crippen LogP contribution is 2.01. The van der Waals surface area contributed by atoms with Crippen molar-refractivity contribution in [3.63, 3.8) is 0 Å². The van der Waals surface area contributed by atoms with Gasteiger partial charge in [-0.3, -0.25) is 9.78 Å². The van der Waals surface area contributed by atoms with Crippen LogP contribution in [-0.4, -0.2) is 33.6 Å². The lowest BCUT2D eigenvalue weighted by Crippen LogP contribution is -2.37. The molecule has 1 aromatic heterocycles. The smallest absolute Gasteiger partial charge is 0.271 e. The molecule has 0 saturated heterocycles. The van der Waals surface area contributed by atoms with Gasteiger partial charge in [-0.1, -0.05) is 19.8 Å². The number of hydrogen-bond donors (Lipinski definition) is 2. The first-order chi connectivity index (χ1) is 7.77. The summed E-state index contributed by atoms with van der Waals surface area (Å²) in [5.74, 6) is -0.289. The maximum atomic E-state index is 11.7. The normalized spacial score (nSPS) is 12.1. The quantitative estimate of drug-likeness (QED) is 0.746. The number of aliphatic hydroxyl groups excluding tert-OH is 1. The van der Waals surface area contributed by atoms with E-state index < -0.39 is 0 Å². The van der Waals surface area contributed by atoms with Crippen LogP contribution < -0.4 is 5.32 Å². The zero-order chi connectivity index (χ0) is 11.8. The standard InChI is InChI=1S/C11H17N3O2/c1-2-3-4-9(8-15)14-11(16)10-7-12-5-6-13-10/h5-7,9,15H,2-4,8H2,1H3,(H,14,16). The van der Waals surface area contributed by atoms with Crippen LogP contribution in [0.2, 0.25) is 0 Å². The lowest BCUT2D eigenvalue weighted by Gasteiger charge is -2.15. The van der Waals surface area contributed by atoms with Crippen LogP contribution in [0.1, 0.15) is 36.7 Å². The SMILES string of the molecule is CCCCC(CO)NC(=O)c1cnccn1. The third kappa shape index (κ3) is 3.94. The van der Waals surface area contributed by atoms with Crippen LogP contribution in [0.25, 0.3) is 0 Å². The number of carbonyl (C=O) groups is 1. The van der Waals surface area contributed by atoms with Crippen molar-refractivity contribution in [2.24, 2.45) is 0 Å². The average Bonchev–Trinajstić information content (AvgIpc) is 2.35. The molecule has 1 unspecified atom stereocenters. The van der Waals surface area contributed by atoms with E-state index in [4.69, 9.17) is 5.11 Å². The van der Waals surface area contributed by atoms with Gasteiger partial charge in [-0.25, -0.2) is 4.98 Å². The van der Waals surface area contributed by atoms with Crippen LogP contribution in [0.4, 0.5) is 0 Å². The van der Waals surface area contributed by atoms with Gasteiger partial charge >= 0.3 is 0 Å². The van der Waals surface area contributed by atoms with Crippen LogP contribution in [0.15, 0.2) is 18.6 Å². The van der Waals surface area contributed by atoms with Crippen molar-refractivity contribution in [1.29, 1.82) is 0 Å². The molecule has 1 rings (SSSR count). The van der Waals surface area contributed by atoms with Crippen molar-refractivity contribution in [2.45, 2.75) is 32.2 Å². The zero-order valence-corrected chi connectivity index (χ0v) is 9.39. The van der Waals surface area contributed by atoms with E-state index in [1.165, 1.54) is 18.6 Å². The zero-order valence-electron chi connectivity index (χ0n) is 9.39. The van der Waals surface area contributed by atoms with E-state index in [9.17, 15) is 4.79 Å². The summed E-state index contributed by atoms with van der Waals surface area (Å²) in [6.07, 6.45) is 7.18. The van der Waals surface area contributed by atoms with E-state index in [1.807, 2.05) is 0 Å². The number of aliphatic hydroxyl groups is 1. The first-order valence-corrected chi connectivity index (χ1v) is 5.45. The molecule has 1 heterocycles. The largest absolute Gasteiger partial charge is 0.394 e. The number of amides is 1. The minimum absolute atomic E-state index is 0.0496. The molecular weight excluding hydrogens is 206 g/mol. The van der Waals surface area contributed by atoms with Crippen molar-refractivity contribution in [2.75, 3.05) is 6.61 Å². The molecule has 2 N–H and O–H groups in total. The Morgan fingerprint density at radius 2 is 2.38 bits per heavy atom. The Morgan fingerprint density at radius 3 is 2.94 bits per heavy atom. The number of aromatic nitrogens is 2. The number of rotatable bonds is 6. The molecule has 1 atom stereocenters. The first kappa shape index (κ1) is 12.6. The Bertz CT molecular complexity index is 316. The lowest BCUT2D eigenvalue weighted by molar-refractivity contribution is 0.0907. The van der Waals surface area contributed by atoms with E-state index >= 15 is 0 Å². The maximum Gasteiger partial charge on any atom is 0.271 e. The summed E-state index contributed by atoms with van der Waals surface area (Å²) in [6.45, 7) is 2.02. The number of nitrogens with zero attached hydrogens (tertiary/aromatic N) is 2. The molecule has 0 bridgehead atoms. The summed E-state index contributed by atoms with van der Waals surface area (Å²) in [7, 11) is 0. The Morgan fingerprint density at radius 1 is 1.56 bits per heavy atom. The predicted molar refractivity (Wildman–Crippen MR) is 59.9 cm³/mol. The van der Waals surface area contributed by atoms with E-state index in [-0.39, 0.29) is 24.2 Å². The second-order valence-electron chi connectivity index (χ2n) is 3.59. The Balaban J connectivity index is 2.49. The Hall–Kier alpha value is -1.49. The molecule has 5 heteroatoms. The molecule has 88 valence electrons. The molecule has 0 radical (unpaired) electrons. The molecule has 0 aromatic carbocycles. The van der Waals surface area contributed by atoms with Gasteiger partial charge in [-0.15, -0.1) is 0 Å². The Kier molecular flexibility index (Phi) is 5.42. The third-order valence-corrected chi connectivity index (χ3v) is 2.26. The van der Waals surface area contributed by atoms with Gasteiger partial charge in [-0.2, -0.15) is 0 Å². The summed E-state index contributed by atoms with van der Waals surface area (Å²) in [4.78, 5) is 19.4. The number of hydrogen-bond acceptors (Lipinski definition) is 4. The van der Waals surface area contributed by atoms with Crippen LogP contribution in [0.3, 0.4) is 0 Å². The van der Waals surface area contributed by atoms with Crippen LogP contribution >= 0.6 is 0 Å². The maximum absolute atomic E-state index is 11.7. The predicted octanol–water partition coefficient (Wildman–Crippen LogP) is 0.757. The summed E-state index contributed by atoms with van der Waals surface area (Å²) in [6, 6.07) is -0.200. The molecule has 1 aromatic rings. The van der Waals surface area contributed by atoms with Gasteiger partial charge in [0.15, 0.2) is 0 Å². The molecule has 0 aliphatic carbocycles. The van der Waals surface area contributed by atoms with E-state index in [0.717, 1.165) is 19.3 Å². The van der Waals surface area contributed by atoms with Crippen LogP contribution in [0, 0.1) is 0 Å². The lowest BCUT2D eigenvalue weighted by atomic mass is 10.1. The second-order valence-corrected chi connectivity index (χ2v) is 3.59. The van der Waals surface area contributed by atoms with Gasteiger partial charge in [0.05, 0.1) is 18.8 Å². The summed E-state index contributed by atoms with van der Waals surface area (Å²) in [5.41, 5.74) is 0.275. The van der Waals surface area contributed by atoms with Crippen molar-refractivity contribution in [3.8, 4) is 0 Å². The van der Waals surface area contributed by atoms with Crippen molar-refractivity contribution < 1.29 is 9.90 Å². The molecule has 0 saturated carbocycles. The van der Waals surface area contributed by atoms with Gasteiger partial charge in [0.1, 0.15) is 5.69 Å². The fourth-order valence-electron chi connectivity index (χ4n) is 1.34. The summed E-state index contributed by atoms with van der Waals surface area (Å²) >= 11 is 0. The number of carbonyl (C=O) groups excluding carboxylic acids is 1. The monoisotopic (exact) mass is 223 g/mol. The number of unbranched alkanes of at least 4 members (excludes halogenated alkanes) is 1. The van der Waals surface area contributed by atoms with E-state index in [1.54, 1.807) is 0 Å². The molecule has 0 aliphatic rings. The molecular formula is C11H17N3O2.